The van der Waals surface area contributed by atoms with Gasteiger partial charge in [-0.1, -0.05) is 44.0 Å². The number of methoxy groups -OCH3 is 1. The Morgan fingerprint density at radius 1 is 1.43 bits per heavy atom. The van der Waals surface area contributed by atoms with Crippen LogP contribution < -0.4 is 0 Å². The predicted octanol–water partition coefficient (Wildman–Crippen LogP) is 3.79. The van der Waals surface area contributed by atoms with Crippen LogP contribution in [0.2, 0.25) is 0 Å². The Hall–Kier alpha value is 0.140. The molecule has 0 aliphatic heterocycles. The lowest BCUT2D eigenvalue weighted by atomic mass is 10.1. The van der Waals surface area contributed by atoms with E-state index >= 15 is 0 Å². The summed E-state index contributed by atoms with van der Waals surface area (Å²) in [5.74, 6) is 0. The van der Waals surface area contributed by atoms with E-state index in [0.29, 0.717) is 4.83 Å². The van der Waals surface area contributed by atoms with Gasteiger partial charge in [-0.05, 0) is 30.5 Å². The van der Waals surface area contributed by atoms with Crippen LogP contribution in [0.25, 0.3) is 0 Å². The highest BCUT2D eigenvalue weighted by Gasteiger charge is 2.03. The number of benzene rings is 1. The topological polar surface area (TPSA) is 9.23 Å². The first-order chi connectivity index (χ1) is 6.72. The van der Waals surface area contributed by atoms with Crippen LogP contribution in [-0.4, -0.2) is 18.5 Å². The zero-order chi connectivity index (χ0) is 10.4. The van der Waals surface area contributed by atoms with Crippen molar-refractivity contribution in [3.8, 4) is 0 Å². The third-order valence-electron chi connectivity index (χ3n) is 1.98. The summed E-state index contributed by atoms with van der Waals surface area (Å²) >= 11 is 7.04. The monoisotopic (exact) mass is 320 g/mol. The van der Waals surface area contributed by atoms with Gasteiger partial charge in [-0.15, -0.1) is 0 Å². The van der Waals surface area contributed by atoms with Crippen molar-refractivity contribution in [1.29, 1.82) is 0 Å². The van der Waals surface area contributed by atoms with E-state index in [4.69, 9.17) is 4.74 Å². The molecule has 1 atom stereocenters. The first-order valence-electron chi connectivity index (χ1n) is 4.60. The molecule has 1 rings (SSSR count). The molecule has 78 valence electrons. The number of hydrogen-bond acceptors (Lipinski definition) is 1. The Bertz CT molecular complexity index is 276. The molecule has 0 saturated heterocycles. The lowest BCUT2D eigenvalue weighted by Crippen LogP contribution is -2.07. The van der Waals surface area contributed by atoms with Crippen LogP contribution in [0.3, 0.4) is 0 Å². The number of aryl methyl sites for hydroxylation is 1. The fourth-order valence-corrected chi connectivity index (χ4v) is 2.22. The molecular weight excluding hydrogens is 308 g/mol. The third-order valence-corrected chi connectivity index (χ3v) is 3.20. The zero-order valence-corrected chi connectivity index (χ0v) is 11.3. The summed E-state index contributed by atoms with van der Waals surface area (Å²) in [5, 5.41) is 0. The number of hydrogen-bond donors (Lipinski definition) is 0. The summed E-state index contributed by atoms with van der Waals surface area (Å²) in [5.41, 5.74) is 1.36. The highest BCUT2D eigenvalue weighted by molar-refractivity contribution is 9.10. The smallest absolute Gasteiger partial charge is 0.0587 e. The Kier molecular flexibility index (Phi) is 5.75. The minimum absolute atomic E-state index is 0.450. The number of rotatable bonds is 5. The van der Waals surface area contributed by atoms with Gasteiger partial charge in [0.15, 0.2) is 0 Å². The van der Waals surface area contributed by atoms with Crippen molar-refractivity contribution >= 4 is 31.9 Å². The van der Waals surface area contributed by atoms with Gasteiger partial charge in [0.05, 0.1) is 6.61 Å². The van der Waals surface area contributed by atoms with Crippen LogP contribution in [-0.2, 0) is 11.2 Å². The summed E-state index contributed by atoms with van der Waals surface area (Å²) in [7, 11) is 1.73. The molecular formula is C11H14Br2O. The first kappa shape index (κ1) is 12.2. The fraction of sp³-hybridized carbons (Fsp3) is 0.455. The Labute approximate surface area is 102 Å². The molecule has 0 spiro atoms. The number of ether oxygens (including phenoxy) is 1. The molecule has 0 heterocycles. The van der Waals surface area contributed by atoms with Crippen LogP contribution >= 0.6 is 31.9 Å². The van der Waals surface area contributed by atoms with Gasteiger partial charge in [0.2, 0.25) is 0 Å². The van der Waals surface area contributed by atoms with Crippen LogP contribution in [0.1, 0.15) is 12.0 Å². The zero-order valence-electron chi connectivity index (χ0n) is 8.17. The van der Waals surface area contributed by atoms with Gasteiger partial charge in [0, 0.05) is 16.4 Å². The SMILES string of the molecule is COCC(Br)CCc1cccc(Br)c1. The van der Waals surface area contributed by atoms with E-state index in [-0.39, 0.29) is 0 Å². The van der Waals surface area contributed by atoms with Gasteiger partial charge >= 0.3 is 0 Å². The molecule has 0 bridgehead atoms. The van der Waals surface area contributed by atoms with E-state index in [1.165, 1.54) is 5.56 Å². The standard InChI is InChI=1S/C11H14Br2O/c1-14-8-11(13)6-5-9-3-2-4-10(12)7-9/h2-4,7,11H,5-6,8H2,1H3. The molecule has 14 heavy (non-hydrogen) atoms. The van der Waals surface area contributed by atoms with E-state index in [0.717, 1.165) is 23.9 Å². The van der Waals surface area contributed by atoms with Gasteiger partial charge in [-0.25, -0.2) is 0 Å². The largest absolute Gasteiger partial charge is 0.384 e. The van der Waals surface area contributed by atoms with Crippen LogP contribution in [0.4, 0.5) is 0 Å². The molecule has 3 heteroatoms. The average Bonchev–Trinajstić information content (AvgIpc) is 2.15. The molecule has 0 N–H and O–H groups in total. The molecule has 0 aliphatic rings. The summed E-state index contributed by atoms with van der Waals surface area (Å²) in [6.07, 6.45) is 2.18. The first-order valence-corrected chi connectivity index (χ1v) is 6.30. The van der Waals surface area contributed by atoms with Crippen molar-refractivity contribution in [2.45, 2.75) is 17.7 Å². The van der Waals surface area contributed by atoms with Crippen molar-refractivity contribution in [2.75, 3.05) is 13.7 Å². The predicted molar refractivity (Wildman–Crippen MR) is 67.1 cm³/mol. The molecule has 0 saturated carbocycles. The molecule has 1 nitrogen and oxygen atoms in total. The van der Waals surface area contributed by atoms with Crippen molar-refractivity contribution in [3.05, 3.63) is 34.3 Å². The second-order valence-electron chi connectivity index (χ2n) is 3.22. The van der Waals surface area contributed by atoms with Gasteiger partial charge in [-0.3, -0.25) is 0 Å². The second-order valence-corrected chi connectivity index (χ2v) is 5.43. The maximum Gasteiger partial charge on any atom is 0.0587 e. The minimum Gasteiger partial charge on any atom is -0.384 e. The van der Waals surface area contributed by atoms with Crippen molar-refractivity contribution < 1.29 is 4.74 Å². The van der Waals surface area contributed by atoms with Crippen molar-refractivity contribution in [3.63, 3.8) is 0 Å². The molecule has 0 aromatic heterocycles. The molecule has 1 aromatic rings. The number of alkyl halides is 1. The van der Waals surface area contributed by atoms with Crippen LogP contribution in [0, 0.1) is 0 Å². The van der Waals surface area contributed by atoms with Crippen molar-refractivity contribution in [2.24, 2.45) is 0 Å². The van der Waals surface area contributed by atoms with Crippen LogP contribution in [0.15, 0.2) is 28.7 Å². The van der Waals surface area contributed by atoms with E-state index in [2.05, 4.69) is 50.1 Å². The van der Waals surface area contributed by atoms with Gasteiger partial charge in [0.1, 0.15) is 0 Å². The highest BCUT2D eigenvalue weighted by atomic mass is 79.9. The van der Waals surface area contributed by atoms with Crippen molar-refractivity contribution in [1.82, 2.24) is 0 Å². The summed E-state index contributed by atoms with van der Waals surface area (Å²) in [4.78, 5) is 0.450. The van der Waals surface area contributed by atoms with Gasteiger partial charge < -0.3 is 4.74 Å². The highest BCUT2D eigenvalue weighted by Crippen LogP contribution is 2.15. The van der Waals surface area contributed by atoms with Crippen LogP contribution in [0.5, 0.6) is 0 Å². The molecule has 1 unspecified atom stereocenters. The molecule has 0 amide bonds. The van der Waals surface area contributed by atoms with Gasteiger partial charge in [0.25, 0.3) is 0 Å². The molecule has 0 fully saturated rings. The summed E-state index contributed by atoms with van der Waals surface area (Å²) < 4.78 is 6.21. The average molecular weight is 322 g/mol. The molecule has 0 radical (unpaired) electrons. The van der Waals surface area contributed by atoms with E-state index < -0.39 is 0 Å². The quantitative estimate of drug-likeness (QED) is 0.750. The normalized spacial score (nSPS) is 12.8. The Morgan fingerprint density at radius 3 is 2.86 bits per heavy atom. The van der Waals surface area contributed by atoms with E-state index in [1.54, 1.807) is 7.11 Å². The van der Waals surface area contributed by atoms with E-state index in [9.17, 15) is 0 Å². The lowest BCUT2D eigenvalue weighted by Gasteiger charge is -2.08. The van der Waals surface area contributed by atoms with Gasteiger partial charge in [-0.2, -0.15) is 0 Å². The maximum absolute atomic E-state index is 5.06. The summed E-state index contributed by atoms with van der Waals surface area (Å²) in [6, 6.07) is 8.42. The Balaban J connectivity index is 2.37. The maximum atomic E-state index is 5.06. The molecule has 0 aliphatic carbocycles. The summed E-state index contributed by atoms with van der Waals surface area (Å²) in [6.45, 7) is 0.772. The number of halogens is 2. The fourth-order valence-electron chi connectivity index (χ4n) is 1.28. The lowest BCUT2D eigenvalue weighted by molar-refractivity contribution is 0.198. The molecule has 1 aromatic carbocycles. The van der Waals surface area contributed by atoms with E-state index in [1.807, 2.05) is 6.07 Å². The second kappa shape index (κ2) is 6.59. The minimum atomic E-state index is 0.450. The Morgan fingerprint density at radius 2 is 2.21 bits per heavy atom. The third kappa shape index (κ3) is 4.58.